The van der Waals surface area contributed by atoms with Crippen LogP contribution in [0.4, 0.5) is 0 Å². The van der Waals surface area contributed by atoms with Crippen molar-refractivity contribution in [2.24, 2.45) is 0 Å². The molecule has 0 bridgehead atoms. The molecule has 1 saturated heterocycles. The van der Waals surface area contributed by atoms with Gasteiger partial charge in [-0.15, -0.1) is 0 Å². The van der Waals surface area contributed by atoms with Crippen molar-refractivity contribution >= 4 is 28.0 Å². The number of hydrogen-bond acceptors (Lipinski definition) is 4. The second-order valence-electron chi connectivity index (χ2n) is 7.67. The molecule has 8 nitrogen and oxygen atoms in total. The van der Waals surface area contributed by atoms with Gasteiger partial charge in [0.2, 0.25) is 5.91 Å². The molecule has 1 aliphatic heterocycles. The van der Waals surface area contributed by atoms with E-state index in [2.05, 4.69) is 4.98 Å². The van der Waals surface area contributed by atoms with E-state index in [9.17, 15) is 14.4 Å². The van der Waals surface area contributed by atoms with Crippen LogP contribution >= 0.6 is 0 Å². The SMILES string of the molecule is O=C(CCn1c(=O)oc2ccccc21)N1CCC(n2c(=O)[nH]c3ccccc32)CC1. The summed E-state index contributed by atoms with van der Waals surface area (Å²) in [6.07, 6.45) is 1.69. The van der Waals surface area contributed by atoms with Crippen molar-refractivity contribution in [3.8, 4) is 0 Å². The number of carbonyl (C=O) groups excluding carboxylic acids is 1. The number of aromatic amines is 1. The van der Waals surface area contributed by atoms with Gasteiger partial charge in [-0.05, 0) is 37.1 Å². The first kappa shape index (κ1) is 18.5. The number of carbonyl (C=O) groups is 1. The highest BCUT2D eigenvalue weighted by atomic mass is 16.4. The number of nitrogens with zero attached hydrogens (tertiary/aromatic N) is 3. The lowest BCUT2D eigenvalue weighted by Gasteiger charge is -2.32. The zero-order valence-corrected chi connectivity index (χ0v) is 16.4. The quantitative estimate of drug-likeness (QED) is 0.564. The largest absolute Gasteiger partial charge is 0.419 e. The van der Waals surface area contributed by atoms with Crippen LogP contribution in [0.5, 0.6) is 0 Å². The highest BCUT2D eigenvalue weighted by Gasteiger charge is 2.26. The van der Waals surface area contributed by atoms with E-state index in [0.717, 1.165) is 23.9 Å². The smallest absolute Gasteiger partial charge is 0.408 e. The molecular formula is C22H22N4O4. The Labute approximate surface area is 171 Å². The Balaban J connectivity index is 1.25. The molecule has 0 unspecified atom stereocenters. The van der Waals surface area contributed by atoms with Crippen molar-refractivity contribution in [2.45, 2.75) is 31.8 Å². The van der Waals surface area contributed by atoms with Gasteiger partial charge >= 0.3 is 11.4 Å². The first-order chi connectivity index (χ1) is 14.6. The standard InChI is InChI=1S/C22H22N4O4/c27-20(11-14-25-18-7-3-4-8-19(18)30-22(25)29)24-12-9-15(10-13-24)26-17-6-2-1-5-16(17)23-21(26)28/h1-8,15H,9-14H2,(H,23,28). The normalized spacial score (nSPS) is 15.3. The number of para-hydroxylation sites is 4. The number of amides is 1. The first-order valence-electron chi connectivity index (χ1n) is 10.2. The van der Waals surface area contributed by atoms with Crippen molar-refractivity contribution in [3.63, 3.8) is 0 Å². The second-order valence-corrected chi connectivity index (χ2v) is 7.67. The lowest BCUT2D eigenvalue weighted by Crippen LogP contribution is -2.41. The molecule has 0 atom stereocenters. The molecular weight excluding hydrogens is 384 g/mol. The highest BCUT2D eigenvalue weighted by Crippen LogP contribution is 2.25. The van der Waals surface area contributed by atoms with E-state index >= 15 is 0 Å². The van der Waals surface area contributed by atoms with Crippen LogP contribution in [0.3, 0.4) is 0 Å². The zero-order chi connectivity index (χ0) is 20.7. The zero-order valence-electron chi connectivity index (χ0n) is 16.4. The minimum Gasteiger partial charge on any atom is -0.408 e. The Bertz CT molecular complexity index is 1330. The number of likely N-dealkylation sites (tertiary alicyclic amines) is 1. The van der Waals surface area contributed by atoms with Crippen LogP contribution in [0.25, 0.3) is 22.1 Å². The Kier molecular flexibility index (Phi) is 4.54. The maximum absolute atomic E-state index is 12.7. The number of oxazole rings is 1. The van der Waals surface area contributed by atoms with Crippen molar-refractivity contribution in [2.75, 3.05) is 13.1 Å². The van der Waals surface area contributed by atoms with Crippen LogP contribution in [0.2, 0.25) is 0 Å². The van der Waals surface area contributed by atoms with Gasteiger partial charge in [-0.3, -0.25) is 13.9 Å². The van der Waals surface area contributed by atoms with Crippen molar-refractivity contribution < 1.29 is 9.21 Å². The molecule has 1 N–H and O–H groups in total. The Morgan fingerprint density at radius 2 is 1.70 bits per heavy atom. The van der Waals surface area contributed by atoms with Crippen molar-refractivity contribution in [1.29, 1.82) is 0 Å². The summed E-state index contributed by atoms with van der Waals surface area (Å²) in [6.45, 7) is 1.48. The number of rotatable bonds is 4. The summed E-state index contributed by atoms with van der Waals surface area (Å²) >= 11 is 0. The third-order valence-corrected chi connectivity index (χ3v) is 5.93. The monoisotopic (exact) mass is 406 g/mol. The van der Waals surface area contributed by atoms with Crippen LogP contribution in [0.15, 0.2) is 62.5 Å². The number of fused-ring (bicyclic) bond motifs is 2. The van der Waals surface area contributed by atoms with Crippen LogP contribution in [0, 0.1) is 0 Å². The summed E-state index contributed by atoms with van der Waals surface area (Å²) in [5, 5.41) is 0. The van der Waals surface area contributed by atoms with E-state index in [1.165, 1.54) is 4.57 Å². The van der Waals surface area contributed by atoms with Crippen LogP contribution in [0.1, 0.15) is 25.3 Å². The number of benzene rings is 2. The third-order valence-electron chi connectivity index (χ3n) is 5.93. The van der Waals surface area contributed by atoms with Gasteiger partial charge in [-0.25, -0.2) is 9.59 Å². The number of aromatic nitrogens is 3. The number of nitrogens with one attached hydrogen (secondary N) is 1. The number of H-pyrrole nitrogens is 1. The summed E-state index contributed by atoms with van der Waals surface area (Å²) < 4.78 is 8.54. The van der Waals surface area contributed by atoms with Crippen molar-refractivity contribution in [3.05, 3.63) is 69.6 Å². The summed E-state index contributed by atoms with van der Waals surface area (Å²) in [5.41, 5.74) is 2.86. The number of imidazole rings is 1. The number of aryl methyl sites for hydroxylation is 1. The van der Waals surface area contributed by atoms with E-state index in [1.807, 2.05) is 51.9 Å². The molecule has 4 aromatic rings. The molecule has 0 spiro atoms. The molecule has 5 rings (SSSR count). The molecule has 0 radical (unpaired) electrons. The van der Waals surface area contributed by atoms with Gasteiger partial charge < -0.3 is 14.3 Å². The molecule has 1 amide bonds. The van der Waals surface area contributed by atoms with Gasteiger partial charge in [0.25, 0.3) is 0 Å². The predicted molar refractivity (Wildman–Crippen MR) is 113 cm³/mol. The summed E-state index contributed by atoms with van der Waals surface area (Å²) in [4.78, 5) is 41.9. The third kappa shape index (κ3) is 3.14. The lowest BCUT2D eigenvalue weighted by atomic mass is 10.0. The van der Waals surface area contributed by atoms with Gasteiger partial charge in [0.05, 0.1) is 16.6 Å². The average Bonchev–Trinajstić information content (AvgIpc) is 3.27. The molecule has 1 aliphatic rings. The van der Waals surface area contributed by atoms with Crippen LogP contribution in [-0.4, -0.2) is 38.0 Å². The summed E-state index contributed by atoms with van der Waals surface area (Å²) in [6, 6.07) is 14.9. The number of piperidine rings is 1. The van der Waals surface area contributed by atoms with Gasteiger partial charge in [-0.1, -0.05) is 24.3 Å². The molecule has 30 heavy (non-hydrogen) atoms. The van der Waals surface area contributed by atoms with E-state index in [-0.39, 0.29) is 30.6 Å². The molecule has 0 aliphatic carbocycles. The molecule has 3 heterocycles. The maximum atomic E-state index is 12.7. The van der Waals surface area contributed by atoms with Gasteiger partial charge in [0, 0.05) is 32.1 Å². The van der Waals surface area contributed by atoms with Gasteiger partial charge in [0.15, 0.2) is 5.58 Å². The van der Waals surface area contributed by atoms with Gasteiger partial charge in [0.1, 0.15) is 0 Å². The average molecular weight is 406 g/mol. The van der Waals surface area contributed by atoms with Gasteiger partial charge in [-0.2, -0.15) is 0 Å². The van der Waals surface area contributed by atoms with E-state index in [1.54, 1.807) is 6.07 Å². The summed E-state index contributed by atoms with van der Waals surface area (Å²) in [7, 11) is 0. The highest BCUT2D eigenvalue weighted by molar-refractivity contribution is 5.77. The molecule has 2 aromatic heterocycles. The fourth-order valence-electron chi connectivity index (χ4n) is 4.40. The van der Waals surface area contributed by atoms with E-state index < -0.39 is 5.76 Å². The maximum Gasteiger partial charge on any atom is 0.419 e. The first-order valence-corrected chi connectivity index (χ1v) is 10.2. The minimum absolute atomic E-state index is 0.0110. The Hall–Kier alpha value is -3.55. The molecule has 154 valence electrons. The lowest BCUT2D eigenvalue weighted by molar-refractivity contribution is -0.132. The van der Waals surface area contributed by atoms with E-state index in [0.29, 0.717) is 24.2 Å². The molecule has 8 heteroatoms. The topological polar surface area (TPSA) is 93.2 Å². The Morgan fingerprint density at radius 3 is 2.50 bits per heavy atom. The fourth-order valence-corrected chi connectivity index (χ4v) is 4.40. The minimum atomic E-state index is -0.443. The second kappa shape index (κ2) is 7.37. The van der Waals surface area contributed by atoms with Crippen LogP contribution < -0.4 is 11.4 Å². The summed E-state index contributed by atoms with van der Waals surface area (Å²) in [5.74, 6) is -0.432. The van der Waals surface area contributed by atoms with Crippen molar-refractivity contribution in [1.82, 2.24) is 19.0 Å². The van der Waals surface area contributed by atoms with E-state index in [4.69, 9.17) is 4.42 Å². The molecule has 1 fully saturated rings. The molecule has 0 saturated carbocycles. The Morgan fingerprint density at radius 1 is 1.00 bits per heavy atom. The predicted octanol–water partition coefficient (Wildman–Crippen LogP) is 2.49. The molecule has 2 aromatic carbocycles. The fraction of sp³-hybridized carbons (Fsp3) is 0.318. The number of hydrogen-bond donors (Lipinski definition) is 1. The van der Waals surface area contributed by atoms with Crippen LogP contribution in [-0.2, 0) is 11.3 Å².